The molecule has 1 amide bonds. The zero-order chi connectivity index (χ0) is 16.2. The predicted octanol–water partition coefficient (Wildman–Crippen LogP) is 1.67. The third-order valence-electron chi connectivity index (χ3n) is 3.07. The molecule has 0 saturated carbocycles. The number of amides is 1. The number of alkyl halides is 3. The highest BCUT2D eigenvalue weighted by Crippen LogP contribution is 2.25. The second-order valence-corrected chi connectivity index (χ2v) is 5.04. The highest BCUT2D eigenvalue weighted by atomic mass is 19.4. The highest BCUT2D eigenvalue weighted by Gasteiger charge is 2.40. The summed E-state index contributed by atoms with van der Waals surface area (Å²) >= 11 is 0. The summed E-state index contributed by atoms with van der Waals surface area (Å²) in [5, 5.41) is 9.18. The average molecular weight is 304 g/mol. The smallest absolute Gasteiger partial charge is 0.382 e. The van der Waals surface area contributed by atoms with Gasteiger partial charge in [0.25, 0.3) is 0 Å². The number of carbonyl (C=O) groups is 1. The van der Waals surface area contributed by atoms with E-state index in [1.807, 2.05) is 0 Å². The molecule has 1 aromatic rings. The molecule has 0 fully saturated rings. The van der Waals surface area contributed by atoms with Crippen molar-refractivity contribution in [1.29, 1.82) is 0 Å². The number of nitrogens with zero attached hydrogens (tertiary/aromatic N) is 2. The molecule has 21 heavy (non-hydrogen) atoms. The van der Waals surface area contributed by atoms with E-state index in [0.717, 1.165) is 0 Å². The van der Waals surface area contributed by atoms with E-state index in [0.29, 0.717) is 5.56 Å². The van der Waals surface area contributed by atoms with Gasteiger partial charge in [-0.3, -0.25) is 9.69 Å². The maximum atomic E-state index is 12.5. The van der Waals surface area contributed by atoms with Gasteiger partial charge in [-0.1, -0.05) is 30.3 Å². The van der Waals surface area contributed by atoms with E-state index in [4.69, 9.17) is 0 Å². The first-order valence-corrected chi connectivity index (χ1v) is 6.35. The molecule has 7 heteroatoms. The highest BCUT2D eigenvalue weighted by molar-refractivity contribution is 5.82. The van der Waals surface area contributed by atoms with Gasteiger partial charge < -0.3 is 10.0 Å². The van der Waals surface area contributed by atoms with Crippen molar-refractivity contribution in [3.05, 3.63) is 35.9 Å². The minimum atomic E-state index is -4.71. The van der Waals surface area contributed by atoms with Crippen LogP contribution in [-0.4, -0.2) is 60.8 Å². The minimum absolute atomic E-state index is 0.349. The molecule has 0 bridgehead atoms. The van der Waals surface area contributed by atoms with Crippen LogP contribution in [0.1, 0.15) is 11.6 Å². The van der Waals surface area contributed by atoms with Gasteiger partial charge in [0.2, 0.25) is 5.91 Å². The molecule has 1 aromatic carbocycles. The Morgan fingerprint density at radius 1 is 1.19 bits per heavy atom. The Balaban J connectivity index is 3.00. The summed E-state index contributed by atoms with van der Waals surface area (Å²) in [5.41, 5.74) is 0.577. The number of aliphatic hydroxyl groups excluding tert-OH is 1. The Morgan fingerprint density at radius 3 is 2.14 bits per heavy atom. The Kier molecular flexibility index (Phi) is 5.74. The second-order valence-electron chi connectivity index (χ2n) is 5.04. The van der Waals surface area contributed by atoms with Gasteiger partial charge >= 0.3 is 6.18 Å². The molecule has 1 N–H and O–H groups in total. The molecule has 1 rings (SSSR count). The van der Waals surface area contributed by atoms with Crippen molar-refractivity contribution in [1.82, 2.24) is 9.80 Å². The summed E-state index contributed by atoms with van der Waals surface area (Å²) in [7, 11) is 4.45. The van der Waals surface area contributed by atoms with Crippen molar-refractivity contribution in [2.75, 3.05) is 27.7 Å². The summed E-state index contributed by atoms with van der Waals surface area (Å²) in [6.45, 7) is -0.678. The number of benzene rings is 1. The lowest BCUT2D eigenvalue weighted by molar-refractivity contribution is -0.209. The molecule has 0 spiro atoms. The fourth-order valence-corrected chi connectivity index (χ4v) is 1.95. The topological polar surface area (TPSA) is 43.8 Å². The lowest BCUT2D eigenvalue weighted by Crippen LogP contribution is -2.45. The predicted molar refractivity (Wildman–Crippen MR) is 72.6 cm³/mol. The summed E-state index contributed by atoms with van der Waals surface area (Å²) in [6, 6.07) is 7.63. The maximum absolute atomic E-state index is 12.5. The molecule has 118 valence electrons. The van der Waals surface area contributed by atoms with Crippen molar-refractivity contribution in [2.45, 2.75) is 18.3 Å². The standard InChI is InChI=1S/C14H19F3N2O2/c1-18(2)13(21)12(10-7-5-4-6-8-10)19(3)9-11(20)14(15,16)17/h4-8,11-12,20H,9H2,1-3H3. The van der Waals surface area contributed by atoms with E-state index in [1.54, 1.807) is 30.3 Å². The van der Waals surface area contributed by atoms with Crippen LogP contribution in [0, 0.1) is 0 Å². The molecule has 2 atom stereocenters. The van der Waals surface area contributed by atoms with Gasteiger partial charge in [0.15, 0.2) is 6.10 Å². The third-order valence-corrected chi connectivity index (χ3v) is 3.07. The quantitative estimate of drug-likeness (QED) is 0.900. The van der Waals surface area contributed by atoms with Gasteiger partial charge in [0, 0.05) is 20.6 Å². The Bertz CT molecular complexity index is 463. The van der Waals surface area contributed by atoms with Crippen molar-refractivity contribution in [3.63, 3.8) is 0 Å². The van der Waals surface area contributed by atoms with Gasteiger partial charge in [-0.05, 0) is 12.6 Å². The summed E-state index contributed by atoms with van der Waals surface area (Å²) < 4.78 is 37.4. The third kappa shape index (κ3) is 4.71. The van der Waals surface area contributed by atoms with Crippen molar-refractivity contribution < 1.29 is 23.1 Å². The minimum Gasteiger partial charge on any atom is -0.382 e. The van der Waals surface area contributed by atoms with Crippen LogP contribution in [0.4, 0.5) is 13.2 Å². The van der Waals surface area contributed by atoms with E-state index >= 15 is 0 Å². The lowest BCUT2D eigenvalue weighted by atomic mass is 10.0. The van der Waals surface area contributed by atoms with Gasteiger partial charge in [-0.2, -0.15) is 13.2 Å². The number of rotatable bonds is 5. The molecule has 2 unspecified atom stereocenters. The van der Waals surface area contributed by atoms with Crippen LogP contribution in [0.2, 0.25) is 0 Å². The monoisotopic (exact) mass is 304 g/mol. The number of hydrogen-bond donors (Lipinski definition) is 1. The second kappa shape index (κ2) is 6.91. The van der Waals surface area contributed by atoms with Crippen LogP contribution in [0.15, 0.2) is 30.3 Å². The zero-order valence-electron chi connectivity index (χ0n) is 12.1. The fraction of sp³-hybridized carbons (Fsp3) is 0.500. The van der Waals surface area contributed by atoms with Crippen LogP contribution < -0.4 is 0 Å². The Labute approximate surface area is 121 Å². The number of hydrogen-bond acceptors (Lipinski definition) is 3. The summed E-state index contributed by atoms with van der Waals surface area (Å²) in [4.78, 5) is 14.8. The fourth-order valence-electron chi connectivity index (χ4n) is 1.95. The number of aliphatic hydroxyl groups is 1. The zero-order valence-corrected chi connectivity index (χ0v) is 12.1. The molecule has 0 radical (unpaired) electrons. The average Bonchev–Trinajstić information content (AvgIpc) is 2.38. The molecule has 0 aliphatic carbocycles. The molecule has 0 aromatic heterocycles. The largest absolute Gasteiger partial charge is 0.415 e. The van der Waals surface area contributed by atoms with Gasteiger partial charge in [0.05, 0.1) is 0 Å². The summed E-state index contributed by atoms with van der Waals surface area (Å²) in [6.07, 6.45) is -7.21. The van der Waals surface area contributed by atoms with E-state index in [1.165, 1.54) is 30.9 Å². The first kappa shape index (κ1) is 17.5. The van der Waals surface area contributed by atoms with Crippen LogP contribution >= 0.6 is 0 Å². The Hall–Kier alpha value is -1.60. The Morgan fingerprint density at radius 2 is 1.71 bits per heavy atom. The first-order chi connectivity index (χ1) is 9.64. The van der Waals surface area contributed by atoms with E-state index in [-0.39, 0.29) is 5.91 Å². The van der Waals surface area contributed by atoms with Crippen LogP contribution in [0.25, 0.3) is 0 Å². The van der Waals surface area contributed by atoms with Crippen molar-refractivity contribution in [3.8, 4) is 0 Å². The van der Waals surface area contributed by atoms with Gasteiger partial charge in [0.1, 0.15) is 6.04 Å². The molecule has 0 saturated heterocycles. The number of likely N-dealkylation sites (N-methyl/N-ethyl adjacent to an activating group) is 2. The lowest BCUT2D eigenvalue weighted by Gasteiger charge is -2.31. The van der Waals surface area contributed by atoms with Crippen LogP contribution in [0.5, 0.6) is 0 Å². The van der Waals surface area contributed by atoms with Crippen LogP contribution in [-0.2, 0) is 4.79 Å². The van der Waals surface area contributed by atoms with Crippen LogP contribution in [0.3, 0.4) is 0 Å². The van der Waals surface area contributed by atoms with E-state index in [9.17, 15) is 23.1 Å². The molecule has 0 aliphatic heterocycles. The molecular formula is C14H19F3N2O2. The maximum Gasteiger partial charge on any atom is 0.415 e. The van der Waals surface area contributed by atoms with Crippen molar-refractivity contribution in [2.24, 2.45) is 0 Å². The van der Waals surface area contributed by atoms with Crippen molar-refractivity contribution >= 4 is 5.91 Å². The van der Waals surface area contributed by atoms with Gasteiger partial charge in [-0.15, -0.1) is 0 Å². The number of halogens is 3. The van der Waals surface area contributed by atoms with E-state index in [2.05, 4.69) is 0 Å². The number of carbonyl (C=O) groups excluding carboxylic acids is 1. The summed E-state index contributed by atoms with van der Waals surface area (Å²) in [5.74, 6) is -0.349. The van der Waals surface area contributed by atoms with E-state index < -0.39 is 24.9 Å². The SMILES string of the molecule is CN(C)C(=O)C(c1ccccc1)N(C)CC(O)C(F)(F)F. The molecule has 0 aliphatic rings. The first-order valence-electron chi connectivity index (χ1n) is 6.35. The van der Waals surface area contributed by atoms with Gasteiger partial charge in [-0.25, -0.2) is 0 Å². The normalized spacial score (nSPS) is 14.9. The molecular weight excluding hydrogens is 285 g/mol. The molecule has 4 nitrogen and oxygen atoms in total. The molecule has 0 heterocycles.